The van der Waals surface area contributed by atoms with Crippen LogP contribution in [-0.2, 0) is 25.8 Å². The van der Waals surface area contributed by atoms with E-state index in [1.165, 1.54) is 24.0 Å². The van der Waals surface area contributed by atoms with E-state index in [9.17, 15) is 4.79 Å². The van der Waals surface area contributed by atoms with Crippen LogP contribution < -0.4 is 0 Å². The maximum absolute atomic E-state index is 13.2. The summed E-state index contributed by atoms with van der Waals surface area (Å²) in [7, 11) is 2.19. The van der Waals surface area contributed by atoms with Crippen molar-refractivity contribution in [1.29, 1.82) is 0 Å². The average Bonchev–Trinajstić information content (AvgIpc) is 3.04. The van der Waals surface area contributed by atoms with Crippen molar-refractivity contribution in [3.63, 3.8) is 0 Å². The summed E-state index contributed by atoms with van der Waals surface area (Å²) in [5, 5.41) is 9.05. The highest BCUT2D eigenvalue weighted by Crippen LogP contribution is 2.28. The van der Waals surface area contributed by atoms with Crippen LogP contribution in [0.5, 0.6) is 0 Å². The Bertz CT molecular complexity index is 897. The molecule has 0 spiro atoms. The Morgan fingerprint density at radius 3 is 2.55 bits per heavy atom. The number of piperidine rings is 1. The fraction of sp³-hybridized carbons (Fsp3) is 0.609. The van der Waals surface area contributed by atoms with E-state index in [-0.39, 0.29) is 5.91 Å². The van der Waals surface area contributed by atoms with Crippen molar-refractivity contribution < 1.29 is 4.79 Å². The van der Waals surface area contributed by atoms with E-state index in [1.54, 1.807) is 0 Å². The predicted octanol–water partition coefficient (Wildman–Crippen LogP) is 2.66. The molecule has 1 saturated heterocycles. The minimum absolute atomic E-state index is 0.165. The summed E-state index contributed by atoms with van der Waals surface area (Å²) in [5.41, 5.74) is 3.65. The fourth-order valence-corrected chi connectivity index (χ4v) is 5.17. The molecule has 0 unspecified atom stereocenters. The van der Waals surface area contributed by atoms with Crippen LogP contribution in [0.15, 0.2) is 18.2 Å². The maximum atomic E-state index is 13.2. The lowest BCUT2D eigenvalue weighted by atomic mass is 9.90. The Morgan fingerprint density at radius 2 is 1.72 bits per heavy atom. The Labute approximate surface area is 172 Å². The van der Waals surface area contributed by atoms with Crippen LogP contribution in [0.3, 0.4) is 0 Å². The first-order chi connectivity index (χ1) is 14.2. The monoisotopic (exact) mass is 393 g/mol. The molecule has 6 nitrogen and oxygen atoms in total. The molecule has 29 heavy (non-hydrogen) atoms. The van der Waals surface area contributed by atoms with Crippen molar-refractivity contribution in [1.82, 2.24) is 24.6 Å². The third kappa shape index (κ3) is 3.70. The van der Waals surface area contributed by atoms with Gasteiger partial charge in [-0.1, -0.05) is 6.07 Å². The van der Waals surface area contributed by atoms with Crippen molar-refractivity contribution in [2.24, 2.45) is 0 Å². The molecule has 0 bridgehead atoms. The molecule has 0 N–H and O–H groups in total. The van der Waals surface area contributed by atoms with E-state index >= 15 is 0 Å². The van der Waals surface area contributed by atoms with E-state index < -0.39 is 0 Å². The van der Waals surface area contributed by atoms with Gasteiger partial charge in [-0.3, -0.25) is 4.79 Å². The minimum Gasteiger partial charge on any atom is -0.336 e. The van der Waals surface area contributed by atoms with Gasteiger partial charge in [-0.2, -0.15) is 0 Å². The molecule has 0 saturated carbocycles. The third-order valence-electron chi connectivity index (χ3n) is 7.02. The molecule has 1 aromatic carbocycles. The quantitative estimate of drug-likeness (QED) is 0.787. The topological polar surface area (TPSA) is 54.3 Å². The summed E-state index contributed by atoms with van der Waals surface area (Å²) in [6, 6.07) is 6.35. The molecule has 5 rings (SSSR count). The van der Waals surface area contributed by atoms with Gasteiger partial charge in [0.1, 0.15) is 11.6 Å². The van der Waals surface area contributed by atoms with Crippen LogP contribution in [0.4, 0.5) is 0 Å². The number of fused-ring (bicyclic) bond motifs is 2. The lowest BCUT2D eigenvalue weighted by molar-refractivity contribution is 0.0758. The molecule has 2 aromatic rings. The zero-order valence-electron chi connectivity index (χ0n) is 17.4. The third-order valence-corrected chi connectivity index (χ3v) is 7.02. The Hall–Kier alpha value is -2.21. The van der Waals surface area contributed by atoms with Gasteiger partial charge in [0.2, 0.25) is 0 Å². The Kier molecular flexibility index (Phi) is 5.12. The van der Waals surface area contributed by atoms with Gasteiger partial charge in [0.05, 0.1) is 0 Å². The summed E-state index contributed by atoms with van der Waals surface area (Å²) in [6.07, 6.45) is 7.85. The molecule has 154 valence electrons. The molecule has 0 atom stereocenters. The van der Waals surface area contributed by atoms with Crippen molar-refractivity contribution in [3.05, 3.63) is 46.5 Å². The fourth-order valence-electron chi connectivity index (χ4n) is 5.17. The van der Waals surface area contributed by atoms with Gasteiger partial charge in [-0.15, -0.1) is 10.2 Å². The number of benzene rings is 1. The van der Waals surface area contributed by atoms with Gasteiger partial charge in [0.25, 0.3) is 5.91 Å². The minimum atomic E-state index is 0.165. The van der Waals surface area contributed by atoms with Crippen LogP contribution in [0.25, 0.3) is 0 Å². The number of carbonyl (C=O) groups is 1. The molecule has 1 aromatic heterocycles. The number of likely N-dealkylation sites (tertiary alicyclic amines) is 1. The molecule has 6 heteroatoms. The van der Waals surface area contributed by atoms with Gasteiger partial charge in [0, 0.05) is 37.5 Å². The predicted molar refractivity (Wildman–Crippen MR) is 112 cm³/mol. The summed E-state index contributed by atoms with van der Waals surface area (Å²) in [6.45, 7) is 4.51. The normalized spacial score (nSPS) is 20.8. The highest BCUT2D eigenvalue weighted by atomic mass is 16.2. The number of rotatable bonds is 2. The van der Waals surface area contributed by atoms with Crippen molar-refractivity contribution in [2.75, 3.05) is 33.2 Å². The van der Waals surface area contributed by atoms with E-state index in [0.717, 1.165) is 82.0 Å². The zero-order valence-corrected chi connectivity index (χ0v) is 17.4. The highest BCUT2D eigenvalue weighted by Gasteiger charge is 2.28. The molecular weight excluding hydrogens is 362 g/mol. The molecular formula is C23H31N5O. The van der Waals surface area contributed by atoms with Gasteiger partial charge in [0.15, 0.2) is 0 Å². The smallest absolute Gasteiger partial charge is 0.253 e. The van der Waals surface area contributed by atoms with Crippen LogP contribution in [-0.4, -0.2) is 63.7 Å². The van der Waals surface area contributed by atoms with E-state index in [2.05, 4.69) is 38.8 Å². The van der Waals surface area contributed by atoms with Crippen LogP contribution in [0, 0.1) is 0 Å². The number of hydrogen-bond acceptors (Lipinski definition) is 4. The van der Waals surface area contributed by atoms with Gasteiger partial charge >= 0.3 is 0 Å². The SMILES string of the molecule is CN1CCC(c2nnc3n2CCN(C(=O)c2ccc4c(c2)CCCC4)CC3)CC1. The number of carbonyl (C=O) groups excluding carboxylic acids is 1. The summed E-state index contributed by atoms with van der Waals surface area (Å²) in [5.74, 6) is 2.84. The lowest BCUT2D eigenvalue weighted by Gasteiger charge is -2.28. The zero-order chi connectivity index (χ0) is 19.8. The number of aromatic nitrogens is 3. The summed E-state index contributed by atoms with van der Waals surface area (Å²) in [4.78, 5) is 17.6. The van der Waals surface area contributed by atoms with Gasteiger partial charge < -0.3 is 14.4 Å². The van der Waals surface area contributed by atoms with E-state index in [0.29, 0.717) is 5.92 Å². The first-order valence-electron chi connectivity index (χ1n) is 11.2. The summed E-state index contributed by atoms with van der Waals surface area (Å²) >= 11 is 0. The molecule has 1 amide bonds. The molecule has 1 aliphatic carbocycles. The molecule has 0 radical (unpaired) electrons. The molecule has 3 heterocycles. The Balaban J connectivity index is 1.30. The van der Waals surface area contributed by atoms with Crippen LogP contribution in [0.2, 0.25) is 0 Å². The Morgan fingerprint density at radius 1 is 0.931 bits per heavy atom. The number of nitrogens with zero attached hydrogens (tertiary/aromatic N) is 5. The second-order valence-electron chi connectivity index (χ2n) is 8.94. The van der Waals surface area contributed by atoms with Crippen molar-refractivity contribution in [2.45, 2.75) is 57.4 Å². The van der Waals surface area contributed by atoms with Crippen molar-refractivity contribution >= 4 is 5.91 Å². The van der Waals surface area contributed by atoms with Crippen LogP contribution >= 0.6 is 0 Å². The first kappa shape index (κ1) is 18.8. The highest BCUT2D eigenvalue weighted by molar-refractivity contribution is 5.94. The molecule has 1 fully saturated rings. The average molecular weight is 394 g/mol. The number of aryl methyl sites for hydroxylation is 2. The molecule has 2 aliphatic heterocycles. The van der Waals surface area contributed by atoms with E-state index in [1.807, 2.05) is 11.0 Å². The first-order valence-corrected chi connectivity index (χ1v) is 11.2. The standard InChI is InChI=1S/C23H31N5O/c1-26-11-8-18(9-12-26)22-25-24-21-10-13-27(14-15-28(21)22)23(29)20-7-6-17-4-2-3-5-19(17)16-20/h6-7,16,18H,2-5,8-15H2,1H3. The largest absolute Gasteiger partial charge is 0.336 e. The van der Waals surface area contributed by atoms with Gasteiger partial charge in [-0.25, -0.2) is 0 Å². The second kappa shape index (κ2) is 7.90. The van der Waals surface area contributed by atoms with Crippen molar-refractivity contribution in [3.8, 4) is 0 Å². The second-order valence-corrected chi connectivity index (χ2v) is 8.94. The number of amides is 1. The number of hydrogen-bond donors (Lipinski definition) is 0. The van der Waals surface area contributed by atoms with E-state index in [4.69, 9.17) is 0 Å². The lowest BCUT2D eigenvalue weighted by Crippen LogP contribution is -2.34. The van der Waals surface area contributed by atoms with Gasteiger partial charge in [-0.05, 0) is 81.9 Å². The maximum Gasteiger partial charge on any atom is 0.253 e. The van der Waals surface area contributed by atoms with Crippen LogP contribution in [0.1, 0.15) is 64.7 Å². The molecule has 3 aliphatic rings. The summed E-state index contributed by atoms with van der Waals surface area (Å²) < 4.78 is 2.30.